The zero-order valence-corrected chi connectivity index (χ0v) is 27.1. The Morgan fingerprint density at radius 2 is 1.07 bits per heavy atom. The fourth-order valence-corrected chi connectivity index (χ4v) is 5.76. The van der Waals surface area contributed by atoms with Crippen LogP contribution in [0.4, 0.5) is 0 Å². The van der Waals surface area contributed by atoms with Gasteiger partial charge in [-0.1, -0.05) is 25.3 Å². The fourth-order valence-electron chi connectivity index (χ4n) is 5.76. The standard InChI is InChI=1S/C34H34N4O4.Ca/c1-7-21-17(3)25-13-26-19(5)23(9-11-33(39)40)31(37-26)16-32-24(10-12-34(41)42)20(6)28(38-32)15-30-22(8-2)18(4)27(36-30)14-29(21)35-25;/h7-8,13-16,35-36H,1-2,9-12H2,3-6H3,(H,39,40)(H,41,42);/q;+2/p-2. The van der Waals surface area contributed by atoms with Crippen molar-refractivity contribution in [1.29, 1.82) is 0 Å². The van der Waals surface area contributed by atoms with Crippen LogP contribution in [0.3, 0.4) is 0 Å². The van der Waals surface area contributed by atoms with E-state index < -0.39 is 11.9 Å². The van der Waals surface area contributed by atoms with Gasteiger partial charge in [-0.3, -0.25) is 0 Å². The number of fused-ring (bicyclic) bond motifs is 8. The van der Waals surface area contributed by atoms with Crippen LogP contribution in [0, 0.1) is 13.8 Å². The van der Waals surface area contributed by atoms with Crippen molar-refractivity contribution >= 4 is 106 Å². The predicted octanol–water partition coefficient (Wildman–Crippen LogP) is 4.76. The molecule has 8 bridgehead atoms. The quantitative estimate of drug-likeness (QED) is 0.358. The Morgan fingerprint density at radius 3 is 1.49 bits per heavy atom. The first kappa shape index (κ1) is 32.2. The molecule has 0 unspecified atom stereocenters. The fraction of sp³-hybridized carbons (Fsp3) is 0.235. The van der Waals surface area contributed by atoms with Crippen LogP contribution in [0.1, 0.15) is 84.6 Å². The molecule has 0 aromatic carbocycles. The zero-order valence-electron chi connectivity index (χ0n) is 24.9. The second-order valence-corrected chi connectivity index (χ2v) is 10.7. The van der Waals surface area contributed by atoms with Gasteiger partial charge in [0.1, 0.15) is 0 Å². The van der Waals surface area contributed by atoms with E-state index in [4.69, 9.17) is 9.97 Å². The van der Waals surface area contributed by atoms with Crippen molar-refractivity contribution in [3.05, 3.63) is 82.5 Å². The first-order valence-corrected chi connectivity index (χ1v) is 13.8. The maximum absolute atomic E-state index is 11.4. The number of hydrogen-bond acceptors (Lipinski definition) is 6. The largest absolute Gasteiger partial charge is 2.00 e. The van der Waals surface area contributed by atoms with E-state index in [1.54, 1.807) is 6.08 Å². The topological polar surface area (TPSA) is 138 Å². The number of nitrogens with zero attached hydrogens (tertiary/aromatic N) is 2. The Labute approximate surface area is 280 Å². The molecule has 214 valence electrons. The van der Waals surface area contributed by atoms with Crippen molar-refractivity contribution in [2.75, 3.05) is 0 Å². The van der Waals surface area contributed by atoms with Gasteiger partial charge in [-0.15, -0.1) is 0 Å². The number of nitrogens with one attached hydrogen (secondary N) is 2. The van der Waals surface area contributed by atoms with Crippen molar-refractivity contribution in [1.82, 2.24) is 19.9 Å². The first-order chi connectivity index (χ1) is 20.0. The van der Waals surface area contributed by atoms with E-state index in [0.29, 0.717) is 22.8 Å². The summed E-state index contributed by atoms with van der Waals surface area (Å²) in [6, 6.07) is 7.78. The second kappa shape index (κ2) is 12.9. The normalized spacial score (nSPS) is 12.7. The molecular formula is C34H32CaN4O4. The molecular weight excluding hydrogens is 568 g/mol. The molecule has 5 rings (SSSR count). The van der Waals surface area contributed by atoms with Crippen LogP contribution in [-0.4, -0.2) is 69.6 Å². The van der Waals surface area contributed by atoms with Crippen molar-refractivity contribution in [2.45, 2.75) is 53.4 Å². The molecule has 2 aliphatic heterocycles. The van der Waals surface area contributed by atoms with Gasteiger partial charge in [0.15, 0.2) is 0 Å². The Bertz CT molecular complexity index is 1920. The summed E-state index contributed by atoms with van der Waals surface area (Å²) in [6.07, 6.45) is 3.79. The van der Waals surface area contributed by atoms with Gasteiger partial charge < -0.3 is 29.8 Å². The third kappa shape index (κ3) is 6.18. The molecule has 5 heterocycles. The van der Waals surface area contributed by atoms with E-state index >= 15 is 0 Å². The second-order valence-electron chi connectivity index (χ2n) is 10.7. The number of rotatable bonds is 8. The molecule has 2 N–H and O–H groups in total. The van der Waals surface area contributed by atoms with Crippen LogP contribution in [0.15, 0.2) is 37.4 Å². The van der Waals surface area contributed by atoms with Crippen LogP contribution >= 0.6 is 0 Å². The third-order valence-electron chi connectivity index (χ3n) is 8.20. The molecule has 0 fully saturated rings. The van der Waals surface area contributed by atoms with Crippen molar-refractivity contribution in [3.63, 3.8) is 0 Å². The van der Waals surface area contributed by atoms with Gasteiger partial charge in [-0.05, 0) is 111 Å². The van der Waals surface area contributed by atoms with Crippen LogP contribution in [0.2, 0.25) is 0 Å². The van der Waals surface area contributed by atoms with Gasteiger partial charge in [0, 0.05) is 45.1 Å². The summed E-state index contributed by atoms with van der Waals surface area (Å²) in [4.78, 5) is 39.7. The van der Waals surface area contributed by atoms with Crippen LogP contribution < -0.4 is 10.2 Å². The summed E-state index contributed by atoms with van der Waals surface area (Å²) in [5, 5.41) is 22.8. The molecule has 0 amide bonds. The summed E-state index contributed by atoms with van der Waals surface area (Å²) in [5.74, 6) is -2.29. The molecule has 0 spiro atoms. The summed E-state index contributed by atoms with van der Waals surface area (Å²) in [5.41, 5.74) is 13.3. The molecule has 0 aliphatic carbocycles. The molecule has 0 radical (unpaired) electrons. The van der Waals surface area contributed by atoms with E-state index in [1.165, 1.54) is 0 Å². The van der Waals surface area contributed by atoms with Crippen LogP contribution in [0.5, 0.6) is 0 Å². The van der Waals surface area contributed by atoms with E-state index in [0.717, 1.165) is 66.6 Å². The minimum absolute atomic E-state index is 0. The van der Waals surface area contributed by atoms with E-state index in [9.17, 15) is 19.8 Å². The minimum Gasteiger partial charge on any atom is -0.550 e. The molecule has 8 nitrogen and oxygen atoms in total. The number of H-pyrrole nitrogens is 2. The van der Waals surface area contributed by atoms with Gasteiger partial charge >= 0.3 is 37.7 Å². The number of hydrogen-bond donors (Lipinski definition) is 2. The molecule has 2 aliphatic rings. The van der Waals surface area contributed by atoms with Crippen molar-refractivity contribution < 1.29 is 19.8 Å². The number of carboxylic acid groups (broad SMARTS) is 2. The zero-order chi connectivity index (χ0) is 30.3. The van der Waals surface area contributed by atoms with E-state index in [1.807, 2.05) is 58.0 Å². The Kier molecular flexibility index (Phi) is 9.64. The van der Waals surface area contributed by atoms with E-state index in [-0.39, 0.29) is 63.4 Å². The average Bonchev–Trinajstić information content (AvgIpc) is 3.59. The van der Waals surface area contributed by atoms with Gasteiger partial charge in [0.2, 0.25) is 0 Å². The first-order valence-electron chi connectivity index (χ1n) is 13.8. The SMILES string of the molecule is C=Cc1c(C)c2cc3[nH]c(cc4nc(cc5nc(cc1[nH]2)C(C)=C5CCC(=O)[O-])C(CCC(=O)[O-])=C4C)c(C)c3C=C.[Ca+2]. The van der Waals surface area contributed by atoms with Crippen LogP contribution in [0.25, 0.3) is 56.5 Å². The van der Waals surface area contributed by atoms with Gasteiger partial charge in [0.05, 0.1) is 22.8 Å². The third-order valence-corrected chi connectivity index (χ3v) is 8.20. The van der Waals surface area contributed by atoms with Crippen molar-refractivity contribution in [2.24, 2.45) is 0 Å². The van der Waals surface area contributed by atoms with Crippen LogP contribution in [-0.2, 0) is 9.59 Å². The number of aliphatic carboxylic acids is 2. The summed E-state index contributed by atoms with van der Waals surface area (Å²) in [7, 11) is 0. The number of aromatic amines is 2. The number of allylic oxidation sites excluding steroid dienone is 4. The van der Waals surface area contributed by atoms with Crippen molar-refractivity contribution in [3.8, 4) is 0 Å². The summed E-state index contributed by atoms with van der Waals surface area (Å²) < 4.78 is 0. The van der Waals surface area contributed by atoms with E-state index in [2.05, 4.69) is 23.1 Å². The number of carbonyl (C=O) groups is 2. The maximum Gasteiger partial charge on any atom is 2.00 e. The number of carboxylic acids is 2. The molecule has 43 heavy (non-hydrogen) atoms. The molecule has 9 heteroatoms. The monoisotopic (exact) mass is 600 g/mol. The molecule has 0 atom stereocenters. The average molecular weight is 601 g/mol. The predicted molar refractivity (Wildman–Crippen MR) is 170 cm³/mol. The summed E-state index contributed by atoms with van der Waals surface area (Å²) >= 11 is 0. The number of aryl methyl sites for hydroxylation is 2. The minimum atomic E-state index is -1.15. The Hall–Kier alpha value is -3.72. The number of carbonyl (C=O) groups excluding carboxylic acids is 2. The summed E-state index contributed by atoms with van der Waals surface area (Å²) in [6.45, 7) is 16.0. The molecule has 0 saturated heterocycles. The Balaban J connectivity index is 0.00000423. The van der Waals surface area contributed by atoms with Gasteiger partial charge in [-0.2, -0.15) is 0 Å². The Morgan fingerprint density at radius 1 is 0.674 bits per heavy atom. The number of aromatic nitrogens is 4. The maximum atomic E-state index is 11.4. The van der Waals surface area contributed by atoms with Gasteiger partial charge in [0.25, 0.3) is 0 Å². The smallest absolute Gasteiger partial charge is 0.550 e. The van der Waals surface area contributed by atoms with Gasteiger partial charge in [-0.25, -0.2) is 9.97 Å². The molecule has 3 aromatic rings. The molecule has 3 aromatic heterocycles. The molecule has 0 saturated carbocycles.